The zero-order valence-electron chi connectivity index (χ0n) is 11.0. The fraction of sp³-hybridized carbons (Fsp3) is 0.312. The van der Waals surface area contributed by atoms with Crippen LogP contribution in [0.25, 0.3) is 0 Å². The lowest BCUT2D eigenvalue weighted by atomic mass is 9.98. The van der Waals surface area contributed by atoms with E-state index in [-0.39, 0.29) is 0 Å². The predicted octanol–water partition coefficient (Wildman–Crippen LogP) is 2.65. The van der Waals surface area contributed by atoms with Crippen LogP contribution in [0.5, 0.6) is 0 Å². The molecule has 0 amide bonds. The second-order valence-corrected chi connectivity index (χ2v) is 5.21. The molecule has 1 aromatic heterocycles. The number of aromatic nitrogens is 1. The summed E-state index contributed by atoms with van der Waals surface area (Å²) in [5.74, 6) is 0.604. The molecule has 1 aliphatic rings. The van der Waals surface area contributed by atoms with Gasteiger partial charge < -0.3 is 5.73 Å². The van der Waals surface area contributed by atoms with Crippen molar-refractivity contribution in [3.8, 4) is 0 Å². The first-order chi connectivity index (χ1) is 9.31. The van der Waals surface area contributed by atoms with Crippen LogP contribution in [0.1, 0.15) is 23.6 Å². The number of nitrogens with two attached hydrogens (primary N) is 1. The summed E-state index contributed by atoms with van der Waals surface area (Å²) in [6, 6.07) is 14.4. The summed E-state index contributed by atoms with van der Waals surface area (Å²) in [4.78, 5) is 6.86. The molecular formula is C16H19N3. The molecule has 0 radical (unpaired) electrons. The molecule has 1 atom stereocenters. The van der Waals surface area contributed by atoms with E-state index >= 15 is 0 Å². The Bertz CT molecular complexity index is 539. The number of hydrogen-bond donors (Lipinski definition) is 1. The van der Waals surface area contributed by atoms with Gasteiger partial charge in [-0.15, -0.1) is 0 Å². The van der Waals surface area contributed by atoms with E-state index in [0.29, 0.717) is 5.92 Å². The highest BCUT2D eigenvalue weighted by Crippen LogP contribution is 2.28. The number of pyridine rings is 1. The highest BCUT2D eigenvalue weighted by molar-refractivity contribution is 5.42. The SMILES string of the molecule is Nc1cccc(C2CCN(Cc3ccccn3)C2)c1. The summed E-state index contributed by atoms with van der Waals surface area (Å²) in [6.45, 7) is 3.18. The Kier molecular flexibility index (Phi) is 3.47. The fourth-order valence-corrected chi connectivity index (χ4v) is 2.78. The van der Waals surface area contributed by atoms with Crippen molar-refractivity contribution in [3.63, 3.8) is 0 Å². The van der Waals surface area contributed by atoms with Gasteiger partial charge in [0.05, 0.1) is 5.69 Å². The number of rotatable bonds is 3. The molecule has 3 heteroatoms. The van der Waals surface area contributed by atoms with Gasteiger partial charge >= 0.3 is 0 Å². The number of nitrogen functional groups attached to an aromatic ring is 1. The minimum Gasteiger partial charge on any atom is -0.399 e. The molecule has 2 aromatic rings. The van der Waals surface area contributed by atoms with Gasteiger partial charge in [0.25, 0.3) is 0 Å². The Labute approximate surface area is 114 Å². The number of hydrogen-bond acceptors (Lipinski definition) is 3. The van der Waals surface area contributed by atoms with Crippen LogP contribution in [0.2, 0.25) is 0 Å². The van der Waals surface area contributed by atoms with E-state index < -0.39 is 0 Å². The molecule has 2 heterocycles. The fourth-order valence-electron chi connectivity index (χ4n) is 2.78. The lowest BCUT2D eigenvalue weighted by Crippen LogP contribution is -2.20. The Morgan fingerprint density at radius 1 is 1.21 bits per heavy atom. The summed E-state index contributed by atoms with van der Waals surface area (Å²) in [5.41, 5.74) is 9.24. The molecule has 98 valence electrons. The van der Waals surface area contributed by atoms with Gasteiger partial charge in [-0.2, -0.15) is 0 Å². The second-order valence-electron chi connectivity index (χ2n) is 5.21. The zero-order valence-corrected chi connectivity index (χ0v) is 11.0. The molecule has 19 heavy (non-hydrogen) atoms. The lowest BCUT2D eigenvalue weighted by molar-refractivity contribution is 0.323. The van der Waals surface area contributed by atoms with Crippen LogP contribution < -0.4 is 5.73 Å². The van der Waals surface area contributed by atoms with E-state index in [2.05, 4.69) is 28.1 Å². The molecular weight excluding hydrogens is 234 g/mol. The minimum absolute atomic E-state index is 0.604. The first kappa shape index (κ1) is 12.2. The molecule has 1 aliphatic heterocycles. The van der Waals surface area contributed by atoms with E-state index in [1.165, 1.54) is 12.0 Å². The molecule has 2 N–H and O–H groups in total. The topological polar surface area (TPSA) is 42.1 Å². The van der Waals surface area contributed by atoms with Crippen LogP contribution in [0.15, 0.2) is 48.7 Å². The van der Waals surface area contributed by atoms with Crippen molar-refractivity contribution in [2.45, 2.75) is 18.9 Å². The van der Waals surface area contributed by atoms with Crippen LogP contribution in [0.4, 0.5) is 5.69 Å². The van der Waals surface area contributed by atoms with Crippen LogP contribution >= 0.6 is 0 Å². The standard InChI is InChI=1S/C16H19N3/c17-15-5-3-4-13(10-15)14-7-9-19(11-14)12-16-6-1-2-8-18-16/h1-6,8,10,14H,7,9,11-12,17H2. The van der Waals surface area contributed by atoms with Crippen LogP contribution in [-0.4, -0.2) is 23.0 Å². The Morgan fingerprint density at radius 3 is 2.95 bits per heavy atom. The summed E-state index contributed by atoms with van der Waals surface area (Å²) in [6.07, 6.45) is 3.07. The number of likely N-dealkylation sites (tertiary alicyclic amines) is 1. The molecule has 1 unspecified atom stereocenters. The van der Waals surface area contributed by atoms with Crippen molar-refractivity contribution >= 4 is 5.69 Å². The van der Waals surface area contributed by atoms with E-state index in [4.69, 9.17) is 5.73 Å². The molecule has 0 spiro atoms. The minimum atomic E-state index is 0.604. The molecule has 0 bridgehead atoms. The average Bonchev–Trinajstić information content (AvgIpc) is 2.88. The average molecular weight is 253 g/mol. The van der Waals surface area contributed by atoms with E-state index in [1.807, 2.05) is 30.5 Å². The highest BCUT2D eigenvalue weighted by atomic mass is 15.1. The first-order valence-electron chi connectivity index (χ1n) is 6.79. The van der Waals surface area contributed by atoms with Crippen molar-refractivity contribution < 1.29 is 0 Å². The number of nitrogens with zero attached hydrogens (tertiary/aromatic N) is 2. The third-order valence-corrected chi connectivity index (χ3v) is 3.77. The molecule has 1 fully saturated rings. The van der Waals surface area contributed by atoms with Gasteiger partial charge in [-0.1, -0.05) is 18.2 Å². The van der Waals surface area contributed by atoms with Crippen molar-refractivity contribution in [1.29, 1.82) is 0 Å². The third-order valence-electron chi connectivity index (χ3n) is 3.77. The van der Waals surface area contributed by atoms with Gasteiger partial charge in [-0.3, -0.25) is 9.88 Å². The molecule has 0 aliphatic carbocycles. The molecule has 1 aromatic carbocycles. The maximum atomic E-state index is 5.86. The summed E-state index contributed by atoms with van der Waals surface area (Å²) in [5, 5.41) is 0. The quantitative estimate of drug-likeness (QED) is 0.855. The van der Waals surface area contributed by atoms with E-state index in [0.717, 1.165) is 31.0 Å². The molecule has 3 rings (SSSR count). The zero-order chi connectivity index (χ0) is 13.1. The molecule has 3 nitrogen and oxygen atoms in total. The van der Waals surface area contributed by atoms with Gasteiger partial charge in [0, 0.05) is 25.0 Å². The Morgan fingerprint density at radius 2 is 2.16 bits per heavy atom. The van der Waals surface area contributed by atoms with E-state index in [1.54, 1.807) is 0 Å². The van der Waals surface area contributed by atoms with Gasteiger partial charge in [-0.25, -0.2) is 0 Å². The van der Waals surface area contributed by atoms with Gasteiger partial charge in [0.2, 0.25) is 0 Å². The molecule has 1 saturated heterocycles. The molecule has 0 saturated carbocycles. The van der Waals surface area contributed by atoms with Crippen molar-refractivity contribution in [2.24, 2.45) is 0 Å². The summed E-state index contributed by atoms with van der Waals surface area (Å²) < 4.78 is 0. The van der Waals surface area contributed by atoms with Crippen LogP contribution in [0.3, 0.4) is 0 Å². The number of anilines is 1. The van der Waals surface area contributed by atoms with Gasteiger partial charge in [0.15, 0.2) is 0 Å². The highest BCUT2D eigenvalue weighted by Gasteiger charge is 2.23. The number of benzene rings is 1. The maximum Gasteiger partial charge on any atom is 0.0543 e. The van der Waals surface area contributed by atoms with Gasteiger partial charge in [0.1, 0.15) is 0 Å². The van der Waals surface area contributed by atoms with Gasteiger partial charge in [-0.05, 0) is 48.7 Å². The van der Waals surface area contributed by atoms with Crippen molar-refractivity contribution in [3.05, 3.63) is 59.9 Å². The Balaban J connectivity index is 1.64. The summed E-state index contributed by atoms with van der Waals surface area (Å²) >= 11 is 0. The van der Waals surface area contributed by atoms with Crippen LogP contribution in [-0.2, 0) is 6.54 Å². The first-order valence-corrected chi connectivity index (χ1v) is 6.79. The van der Waals surface area contributed by atoms with Crippen molar-refractivity contribution in [2.75, 3.05) is 18.8 Å². The van der Waals surface area contributed by atoms with Crippen molar-refractivity contribution in [1.82, 2.24) is 9.88 Å². The summed E-state index contributed by atoms with van der Waals surface area (Å²) in [7, 11) is 0. The Hall–Kier alpha value is -1.87. The van der Waals surface area contributed by atoms with Crippen LogP contribution in [0, 0.1) is 0 Å². The predicted molar refractivity (Wildman–Crippen MR) is 77.7 cm³/mol. The van der Waals surface area contributed by atoms with E-state index in [9.17, 15) is 0 Å². The largest absolute Gasteiger partial charge is 0.399 e. The normalized spacial score (nSPS) is 19.7. The second kappa shape index (κ2) is 5.41. The smallest absolute Gasteiger partial charge is 0.0543 e. The third kappa shape index (κ3) is 2.93. The lowest BCUT2D eigenvalue weighted by Gasteiger charge is -2.15. The maximum absolute atomic E-state index is 5.86. The monoisotopic (exact) mass is 253 g/mol.